The van der Waals surface area contributed by atoms with Gasteiger partial charge in [-0.25, -0.2) is 0 Å². The Morgan fingerprint density at radius 1 is 1.00 bits per heavy atom. The van der Waals surface area contributed by atoms with Gasteiger partial charge in [0.2, 0.25) is 0 Å². The molecule has 1 unspecified atom stereocenters. The summed E-state index contributed by atoms with van der Waals surface area (Å²) in [5, 5.41) is 3.02. The number of aryl methyl sites for hydroxylation is 2. The topological polar surface area (TPSA) is 38.3 Å². The molecule has 0 fully saturated rings. The number of hydrogen-bond acceptors (Lipinski definition) is 2. The van der Waals surface area contributed by atoms with E-state index < -0.39 is 0 Å². The van der Waals surface area contributed by atoms with Crippen molar-refractivity contribution in [1.82, 2.24) is 5.32 Å². The van der Waals surface area contributed by atoms with Crippen molar-refractivity contribution in [3.63, 3.8) is 0 Å². The summed E-state index contributed by atoms with van der Waals surface area (Å²) >= 11 is 0. The SMILES string of the molecule is CC(C)c1ccc(OCC(=O)NC(C)c2ccc3c(c2)CCC3)cc1. The zero-order valence-electron chi connectivity index (χ0n) is 15.3. The molecule has 0 spiro atoms. The summed E-state index contributed by atoms with van der Waals surface area (Å²) in [6.07, 6.45) is 3.57. The first-order chi connectivity index (χ1) is 12.0. The van der Waals surface area contributed by atoms with E-state index in [0.717, 1.165) is 17.7 Å². The predicted molar refractivity (Wildman–Crippen MR) is 101 cm³/mol. The molecule has 3 rings (SSSR count). The number of carbonyl (C=O) groups excluding carboxylic acids is 1. The monoisotopic (exact) mass is 337 g/mol. The summed E-state index contributed by atoms with van der Waals surface area (Å²) in [5.41, 5.74) is 5.31. The van der Waals surface area contributed by atoms with Gasteiger partial charge in [-0.1, -0.05) is 44.2 Å². The smallest absolute Gasteiger partial charge is 0.258 e. The average molecular weight is 337 g/mol. The molecule has 2 aromatic rings. The fourth-order valence-electron chi connectivity index (χ4n) is 3.33. The van der Waals surface area contributed by atoms with Gasteiger partial charge in [0.25, 0.3) is 5.91 Å². The summed E-state index contributed by atoms with van der Waals surface area (Å²) in [4.78, 5) is 12.2. The van der Waals surface area contributed by atoms with Crippen molar-refractivity contribution in [2.75, 3.05) is 6.61 Å². The zero-order chi connectivity index (χ0) is 17.8. The van der Waals surface area contributed by atoms with E-state index in [1.807, 2.05) is 31.2 Å². The highest BCUT2D eigenvalue weighted by molar-refractivity contribution is 5.78. The molecule has 0 bridgehead atoms. The summed E-state index contributed by atoms with van der Waals surface area (Å²) in [7, 11) is 0. The van der Waals surface area contributed by atoms with Crippen LogP contribution in [0.5, 0.6) is 5.75 Å². The van der Waals surface area contributed by atoms with E-state index in [9.17, 15) is 4.79 Å². The van der Waals surface area contributed by atoms with E-state index in [0.29, 0.717) is 5.92 Å². The molecule has 1 N–H and O–H groups in total. The van der Waals surface area contributed by atoms with Crippen molar-refractivity contribution in [3.05, 3.63) is 64.7 Å². The first kappa shape index (κ1) is 17.5. The Kier molecular flexibility index (Phi) is 5.42. The Morgan fingerprint density at radius 2 is 1.68 bits per heavy atom. The molecule has 0 aliphatic heterocycles. The first-order valence-electron chi connectivity index (χ1n) is 9.17. The van der Waals surface area contributed by atoms with Crippen LogP contribution in [0.1, 0.15) is 61.4 Å². The van der Waals surface area contributed by atoms with Crippen LogP contribution in [-0.4, -0.2) is 12.5 Å². The average Bonchev–Trinajstić information content (AvgIpc) is 3.08. The van der Waals surface area contributed by atoms with Crippen LogP contribution in [0.15, 0.2) is 42.5 Å². The van der Waals surface area contributed by atoms with Crippen molar-refractivity contribution < 1.29 is 9.53 Å². The Morgan fingerprint density at radius 3 is 2.40 bits per heavy atom. The van der Waals surface area contributed by atoms with Gasteiger partial charge in [0, 0.05) is 0 Å². The number of rotatable bonds is 6. The highest BCUT2D eigenvalue weighted by atomic mass is 16.5. The highest BCUT2D eigenvalue weighted by Crippen LogP contribution is 2.25. The minimum Gasteiger partial charge on any atom is -0.484 e. The fourth-order valence-corrected chi connectivity index (χ4v) is 3.33. The lowest BCUT2D eigenvalue weighted by Gasteiger charge is -2.16. The second-order valence-corrected chi connectivity index (χ2v) is 7.18. The van der Waals surface area contributed by atoms with Gasteiger partial charge in [-0.05, 0) is 66.5 Å². The fraction of sp³-hybridized carbons (Fsp3) is 0.409. The molecule has 1 aliphatic carbocycles. The lowest BCUT2D eigenvalue weighted by atomic mass is 10.0. The molecule has 0 saturated heterocycles. The molecule has 1 amide bonds. The third-order valence-corrected chi connectivity index (χ3v) is 4.92. The molecule has 3 nitrogen and oxygen atoms in total. The Bertz CT molecular complexity index is 734. The third-order valence-electron chi connectivity index (χ3n) is 4.92. The molecule has 3 heteroatoms. The maximum absolute atomic E-state index is 12.2. The normalized spacial score (nSPS) is 14.2. The molecule has 2 aromatic carbocycles. The molecule has 0 saturated carbocycles. The van der Waals surface area contributed by atoms with Crippen LogP contribution in [-0.2, 0) is 17.6 Å². The first-order valence-corrected chi connectivity index (χ1v) is 9.17. The lowest BCUT2D eigenvalue weighted by Crippen LogP contribution is -2.31. The summed E-state index contributed by atoms with van der Waals surface area (Å²) < 4.78 is 5.60. The van der Waals surface area contributed by atoms with Gasteiger partial charge in [0.05, 0.1) is 6.04 Å². The Labute approximate surface area is 150 Å². The molecule has 0 heterocycles. The van der Waals surface area contributed by atoms with Crippen LogP contribution in [0.25, 0.3) is 0 Å². The minimum absolute atomic E-state index is 0.00897. The molecule has 1 atom stereocenters. The molecule has 0 aromatic heterocycles. The van der Waals surface area contributed by atoms with E-state index in [4.69, 9.17) is 4.74 Å². The van der Waals surface area contributed by atoms with E-state index in [2.05, 4.69) is 37.4 Å². The maximum Gasteiger partial charge on any atom is 0.258 e. The van der Waals surface area contributed by atoms with Crippen LogP contribution in [0.3, 0.4) is 0 Å². The number of nitrogens with one attached hydrogen (secondary N) is 1. The summed E-state index contributed by atoms with van der Waals surface area (Å²) in [5.74, 6) is 1.12. The van der Waals surface area contributed by atoms with Gasteiger partial charge in [0.15, 0.2) is 6.61 Å². The van der Waals surface area contributed by atoms with Crippen LogP contribution in [0, 0.1) is 0 Å². The lowest BCUT2D eigenvalue weighted by molar-refractivity contribution is -0.123. The van der Waals surface area contributed by atoms with Gasteiger partial charge in [-0.3, -0.25) is 4.79 Å². The van der Waals surface area contributed by atoms with Crippen molar-refractivity contribution in [2.24, 2.45) is 0 Å². The van der Waals surface area contributed by atoms with Crippen molar-refractivity contribution in [3.8, 4) is 5.75 Å². The zero-order valence-corrected chi connectivity index (χ0v) is 15.3. The number of fused-ring (bicyclic) bond motifs is 1. The van der Waals surface area contributed by atoms with Crippen LogP contribution in [0.4, 0.5) is 0 Å². The third kappa shape index (κ3) is 4.41. The number of amides is 1. The largest absolute Gasteiger partial charge is 0.484 e. The van der Waals surface area contributed by atoms with Gasteiger partial charge in [-0.2, -0.15) is 0 Å². The Hall–Kier alpha value is -2.29. The molecule has 0 radical (unpaired) electrons. The predicted octanol–water partition coefficient (Wildman–Crippen LogP) is 4.55. The van der Waals surface area contributed by atoms with Gasteiger partial charge >= 0.3 is 0 Å². The number of hydrogen-bond donors (Lipinski definition) is 1. The minimum atomic E-state index is -0.0964. The molecular weight excluding hydrogens is 310 g/mol. The van der Waals surface area contributed by atoms with E-state index in [1.54, 1.807) is 0 Å². The van der Waals surface area contributed by atoms with Crippen molar-refractivity contribution >= 4 is 5.91 Å². The van der Waals surface area contributed by atoms with E-state index in [-0.39, 0.29) is 18.6 Å². The van der Waals surface area contributed by atoms with E-state index >= 15 is 0 Å². The number of carbonyl (C=O) groups is 1. The van der Waals surface area contributed by atoms with Gasteiger partial charge in [0.1, 0.15) is 5.75 Å². The highest BCUT2D eigenvalue weighted by Gasteiger charge is 2.15. The molecular formula is C22H27NO2. The second-order valence-electron chi connectivity index (χ2n) is 7.18. The Balaban J connectivity index is 1.51. The van der Waals surface area contributed by atoms with Crippen molar-refractivity contribution in [2.45, 2.75) is 52.0 Å². The van der Waals surface area contributed by atoms with E-state index in [1.165, 1.54) is 29.5 Å². The van der Waals surface area contributed by atoms with Crippen LogP contribution >= 0.6 is 0 Å². The maximum atomic E-state index is 12.2. The van der Waals surface area contributed by atoms with Crippen LogP contribution in [0.2, 0.25) is 0 Å². The molecule has 1 aliphatic rings. The summed E-state index contributed by atoms with van der Waals surface area (Å²) in [6.45, 7) is 6.37. The van der Waals surface area contributed by atoms with Crippen molar-refractivity contribution in [1.29, 1.82) is 0 Å². The number of ether oxygens (including phenoxy) is 1. The summed E-state index contributed by atoms with van der Waals surface area (Å²) in [6, 6.07) is 14.5. The number of benzene rings is 2. The van der Waals surface area contributed by atoms with Crippen LogP contribution < -0.4 is 10.1 Å². The van der Waals surface area contributed by atoms with Gasteiger partial charge in [-0.15, -0.1) is 0 Å². The standard InChI is InChI=1S/C22H27NO2/c1-15(2)17-9-11-21(12-10-17)25-14-22(24)23-16(3)19-8-7-18-5-4-6-20(18)13-19/h7-13,15-16H,4-6,14H2,1-3H3,(H,23,24). The molecule has 25 heavy (non-hydrogen) atoms. The quantitative estimate of drug-likeness (QED) is 0.839. The van der Waals surface area contributed by atoms with Gasteiger partial charge < -0.3 is 10.1 Å². The second kappa shape index (κ2) is 7.73. The molecule has 132 valence electrons.